The SMILES string of the molecule is CC(C)CNC(=O)[C@H](Cc1ccccc1)N(Cc1cccc(Cl)c1)C(=O)CCc1ccc2c(c1)OCCO2. The summed E-state index contributed by atoms with van der Waals surface area (Å²) in [5.74, 6) is 1.46. The maximum atomic E-state index is 13.8. The fourth-order valence-corrected chi connectivity index (χ4v) is 4.66. The van der Waals surface area contributed by atoms with Crippen molar-refractivity contribution < 1.29 is 19.1 Å². The van der Waals surface area contributed by atoms with Crippen LogP contribution in [0.2, 0.25) is 5.02 Å². The minimum Gasteiger partial charge on any atom is -0.486 e. The summed E-state index contributed by atoms with van der Waals surface area (Å²) in [5.41, 5.74) is 2.85. The molecule has 1 heterocycles. The van der Waals surface area contributed by atoms with E-state index in [4.69, 9.17) is 21.1 Å². The van der Waals surface area contributed by atoms with Crippen molar-refractivity contribution in [2.75, 3.05) is 19.8 Å². The van der Waals surface area contributed by atoms with Crippen LogP contribution in [0.1, 0.15) is 37.0 Å². The highest BCUT2D eigenvalue weighted by Crippen LogP contribution is 2.31. The summed E-state index contributed by atoms with van der Waals surface area (Å²) in [5, 5.41) is 3.65. The lowest BCUT2D eigenvalue weighted by Crippen LogP contribution is -2.51. The number of ether oxygens (including phenoxy) is 2. The van der Waals surface area contributed by atoms with Gasteiger partial charge in [-0.15, -0.1) is 0 Å². The number of carbonyl (C=O) groups excluding carboxylic acids is 2. The Morgan fingerprint density at radius 3 is 2.37 bits per heavy atom. The highest BCUT2D eigenvalue weighted by molar-refractivity contribution is 6.30. The van der Waals surface area contributed by atoms with Gasteiger partial charge in [0.05, 0.1) is 0 Å². The van der Waals surface area contributed by atoms with Gasteiger partial charge in [0.2, 0.25) is 11.8 Å². The minimum atomic E-state index is -0.664. The van der Waals surface area contributed by atoms with E-state index in [-0.39, 0.29) is 24.8 Å². The molecular formula is C31H35ClN2O4. The molecule has 0 radical (unpaired) electrons. The first kappa shape index (κ1) is 27.5. The predicted molar refractivity (Wildman–Crippen MR) is 150 cm³/mol. The van der Waals surface area contributed by atoms with Gasteiger partial charge >= 0.3 is 0 Å². The summed E-state index contributed by atoms with van der Waals surface area (Å²) in [6.45, 7) is 5.97. The number of halogens is 1. The zero-order valence-electron chi connectivity index (χ0n) is 22.0. The summed E-state index contributed by atoms with van der Waals surface area (Å²) in [7, 11) is 0. The summed E-state index contributed by atoms with van der Waals surface area (Å²) in [6.07, 6.45) is 1.19. The number of benzene rings is 3. The number of nitrogens with one attached hydrogen (secondary N) is 1. The van der Waals surface area contributed by atoms with Crippen LogP contribution in [-0.2, 0) is 29.0 Å². The Morgan fingerprint density at radius 2 is 1.63 bits per heavy atom. The molecule has 0 aliphatic carbocycles. The molecule has 1 N–H and O–H groups in total. The van der Waals surface area contributed by atoms with Gasteiger partial charge in [0.15, 0.2) is 11.5 Å². The van der Waals surface area contributed by atoms with E-state index in [1.54, 1.807) is 11.0 Å². The van der Waals surface area contributed by atoms with Crippen LogP contribution < -0.4 is 14.8 Å². The smallest absolute Gasteiger partial charge is 0.243 e. The van der Waals surface area contributed by atoms with Crippen molar-refractivity contribution in [3.63, 3.8) is 0 Å². The Morgan fingerprint density at radius 1 is 0.895 bits per heavy atom. The summed E-state index contributed by atoms with van der Waals surface area (Å²) in [6, 6.07) is 22.4. The number of rotatable bonds is 11. The van der Waals surface area contributed by atoms with E-state index < -0.39 is 6.04 Å². The molecule has 0 bridgehead atoms. The van der Waals surface area contributed by atoms with Gasteiger partial charge in [-0.25, -0.2) is 0 Å². The van der Waals surface area contributed by atoms with Gasteiger partial charge in [0.25, 0.3) is 0 Å². The van der Waals surface area contributed by atoms with Crippen LogP contribution in [0.25, 0.3) is 0 Å². The molecule has 1 atom stereocenters. The molecule has 4 rings (SSSR count). The first-order valence-corrected chi connectivity index (χ1v) is 13.5. The molecule has 200 valence electrons. The van der Waals surface area contributed by atoms with Crippen molar-refractivity contribution in [3.05, 3.63) is 94.5 Å². The van der Waals surface area contributed by atoms with E-state index in [0.29, 0.717) is 49.3 Å². The number of aryl methyl sites for hydroxylation is 1. The highest BCUT2D eigenvalue weighted by Gasteiger charge is 2.30. The molecule has 0 spiro atoms. The molecule has 0 saturated heterocycles. The number of nitrogens with zero attached hydrogens (tertiary/aromatic N) is 1. The molecule has 1 aliphatic heterocycles. The van der Waals surface area contributed by atoms with Crippen molar-refractivity contribution in [1.29, 1.82) is 0 Å². The topological polar surface area (TPSA) is 67.9 Å². The van der Waals surface area contributed by atoms with E-state index in [1.807, 2.05) is 66.7 Å². The average Bonchev–Trinajstić information content (AvgIpc) is 2.92. The molecule has 1 aliphatic rings. The van der Waals surface area contributed by atoms with E-state index in [2.05, 4.69) is 19.2 Å². The fraction of sp³-hybridized carbons (Fsp3) is 0.355. The van der Waals surface area contributed by atoms with Crippen molar-refractivity contribution in [1.82, 2.24) is 10.2 Å². The normalized spacial score (nSPS) is 13.2. The van der Waals surface area contributed by atoms with Crippen LogP contribution in [0.4, 0.5) is 0 Å². The Hall–Kier alpha value is -3.51. The van der Waals surface area contributed by atoms with Gasteiger partial charge in [-0.1, -0.05) is 74.0 Å². The number of carbonyl (C=O) groups is 2. The average molecular weight is 535 g/mol. The molecule has 3 aromatic carbocycles. The Labute approximate surface area is 229 Å². The lowest BCUT2D eigenvalue weighted by molar-refractivity contribution is -0.141. The molecule has 7 heteroatoms. The molecule has 0 unspecified atom stereocenters. The molecule has 38 heavy (non-hydrogen) atoms. The molecule has 0 fully saturated rings. The molecule has 6 nitrogen and oxygen atoms in total. The van der Waals surface area contributed by atoms with Crippen LogP contribution in [0, 0.1) is 5.92 Å². The fourth-order valence-electron chi connectivity index (χ4n) is 4.45. The van der Waals surface area contributed by atoms with E-state index in [1.165, 1.54) is 0 Å². The summed E-state index contributed by atoms with van der Waals surface area (Å²) in [4.78, 5) is 29.1. The van der Waals surface area contributed by atoms with Crippen molar-refractivity contribution in [2.24, 2.45) is 5.92 Å². The van der Waals surface area contributed by atoms with Crippen LogP contribution >= 0.6 is 11.6 Å². The van der Waals surface area contributed by atoms with E-state index >= 15 is 0 Å². The third kappa shape index (κ3) is 7.75. The predicted octanol–water partition coefficient (Wildman–Crippen LogP) is 5.46. The summed E-state index contributed by atoms with van der Waals surface area (Å²) >= 11 is 6.26. The van der Waals surface area contributed by atoms with E-state index in [9.17, 15) is 9.59 Å². The molecule has 0 saturated carbocycles. The number of hydrogen-bond donors (Lipinski definition) is 1. The first-order chi connectivity index (χ1) is 18.4. The van der Waals surface area contributed by atoms with Crippen LogP contribution in [0.3, 0.4) is 0 Å². The maximum absolute atomic E-state index is 13.8. The second kappa shape index (κ2) is 13.3. The van der Waals surface area contributed by atoms with E-state index in [0.717, 1.165) is 22.4 Å². The zero-order chi connectivity index (χ0) is 26.9. The second-order valence-electron chi connectivity index (χ2n) is 9.97. The molecule has 0 aromatic heterocycles. The molecule has 2 amide bonds. The lowest BCUT2D eigenvalue weighted by atomic mass is 10.0. The number of fused-ring (bicyclic) bond motifs is 1. The maximum Gasteiger partial charge on any atom is 0.243 e. The lowest BCUT2D eigenvalue weighted by Gasteiger charge is -2.32. The highest BCUT2D eigenvalue weighted by atomic mass is 35.5. The standard InChI is InChI=1S/C31H35ClN2O4/c1-22(2)20-33-31(36)27(18-23-7-4-3-5-8-23)34(21-25-9-6-10-26(32)17-25)30(35)14-12-24-11-13-28-29(19-24)38-16-15-37-28/h3-11,13,17,19,22,27H,12,14-16,18,20-21H2,1-2H3,(H,33,36)/t27-/m0/s1. The van der Waals surface area contributed by atoms with Crippen LogP contribution in [0.15, 0.2) is 72.8 Å². The second-order valence-corrected chi connectivity index (χ2v) is 10.4. The van der Waals surface area contributed by atoms with Gasteiger partial charge in [-0.05, 0) is 53.3 Å². The quantitative estimate of drug-likeness (QED) is 0.355. The first-order valence-electron chi connectivity index (χ1n) is 13.1. The third-order valence-electron chi connectivity index (χ3n) is 6.43. The van der Waals surface area contributed by atoms with Crippen molar-refractivity contribution in [2.45, 2.75) is 45.7 Å². The van der Waals surface area contributed by atoms with Gasteiger partial charge in [-0.3, -0.25) is 9.59 Å². The molecule has 3 aromatic rings. The number of amides is 2. The third-order valence-corrected chi connectivity index (χ3v) is 6.67. The number of hydrogen-bond acceptors (Lipinski definition) is 4. The largest absolute Gasteiger partial charge is 0.486 e. The molecular weight excluding hydrogens is 500 g/mol. The van der Waals surface area contributed by atoms with Gasteiger partial charge in [0.1, 0.15) is 19.3 Å². The van der Waals surface area contributed by atoms with Crippen molar-refractivity contribution in [3.8, 4) is 11.5 Å². The van der Waals surface area contributed by atoms with Crippen LogP contribution in [-0.4, -0.2) is 42.5 Å². The Kier molecular flexibility index (Phi) is 9.66. The van der Waals surface area contributed by atoms with Crippen molar-refractivity contribution >= 4 is 23.4 Å². The Balaban J connectivity index is 1.59. The van der Waals surface area contributed by atoms with Gasteiger partial charge in [0, 0.05) is 31.0 Å². The van der Waals surface area contributed by atoms with Gasteiger partial charge in [-0.2, -0.15) is 0 Å². The Bertz CT molecular complexity index is 1230. The minimum absolute atomic E-state index is 0.0968. The van der Waals surface area contributed by atoms with Crippen LogP contribution in [0.5, 0.6) is 11.5 Å². The monoisotopic (exact) mass is 534 g/mol. The zero-order valence-corrected chi connectivity index (χ0v) is 22.7. The van der Waals surface area contributed by atoms with Gasteiger partial charge < -0.3 is 19.7 Å². The summed E-state index contributed by atoms with van der Waals surface area (Å²) < 4.78 is 11.3.